The van der Waals surface area contributed by atoms with E-state index in [4.69, 9.17) is 5.73 Å². The summed E-state index contributed by atoms with van der Waals surface area (Å²) in [4.78, 5) is 0. The van der Waals surface area contributed by atoms with Crippen molar-refractivity contribution in [1.29, 1.82) is 0 Å². The Kier molecular flexibility index (Phi) is 4.90. The van der Waals surface area contributed by atoms with Crippen LogP contribution in [-0.4, -0.2) is 15.0 Å². The highest BCUT2D eigenvalue weighted by molar-refractivity contribution is 5.25. The summed E-state index contributed by atoms with van der Waals surface area (Å²) in [6, 6.07) is 8.74. The van der Waals surface area contributed by atoms with Gasteiger partial charge in [0.15, 0.2) is 0 Å². The van der Waals surface area contributed by atoms with Gasteiger partial charge in [0.2, 0.25) is 0 Å². The summed E-state index contributed by atoms with van der Waals surface area (Å²) in [5, 5.41) is 8.43. The van der Waals surface area contributed by atoms with Crippen LogP contribution in [0.15, 0.2) is 24.3 Å². The Bertz CT molecular complexity index is 540. The highest BCUT2D eigenvalue weighted by Crippen LogP contribution is 2.16. The molecular weight excluding hydrogens is 248 g/mol. The molecule has 1 aromatic heterocycles. The summed E-state index contributed by atoms with van der Waals surface area (Å²) in [6.45, 7) is 7.80. The van der Waals surface area contributed by atoms with Gasteiger partial charge in [-0.25, -0.2) is 4.68 Å². The predicted molar refractivity (Wildman–Crippen MR) is 81.5 cm³/mol. The summed E-state index contributed by atoms with van der Waals surface area (Å²) >= 11 is 0. The van der Waals surface area contributed by atoms with E-state index < -0.39 is 0 Å². The quantitative estimate of drug-likeness (QED) is 0.879. The average molecular weight is 272 g/mol. The van der Waals surface area contributed by atoms with E-state index in [-0.39, 0.29) is 0 Å². The van der Waals surface area contributed by atoms with E-state index in [0.717, 1.165) is 25.1 Å². The first-order valence-corrected chi connectivity index (χ1v) is 7.35. The van der Waals surface area contributed by atoms with Gasteiger partial charge in [-0.05, 0) is 23.5 Å². The first kappa shape index (κ1) is 14.7. The second-order valence-electron chi connectivity index (χ2n) is 5.49. The van der Waals surface area contributed by atoms with Crippen LogP contribution in [0.4, 0.5) is 0 Å². The van der Waals surface area contributed by atoms with E-state index in [1.807, 2.05) is 4.68 Å². The minimum atomic E-state index is 0.460. The molecular formula is C16H24N4. The second kappa shape index (κ2) is 6.66. The SMILES string of the molecule is CCCc1c(CN)nnn1Cc1ccc(C(C)C)cc1. The van der Waals surface area contributed by atoms with Gasteiger partial charge in [-0.1, -0.05) is 56.7 Å². The van der Waals surface area contributed by atoms with Crippen LogP contribution in [0.25, 0.3) is 0 Å². The van der Waals surface area contributed by atoms with Crippen molar-refractivity contribution < 1.29 is 0 Å². The molecule has 0 unspecified atom stereocenters. The molecule has 108 valence electrons. The lowest BCUT2D eigenvalue weighted by molar-refractivity contribution is 0.613. The predicted octanol–water partition coefficient (Wildman–Crippen LogP) is 2.86. The Morgan fingerprint density at radius 3 is 2.45 bits per heavy atom. The Balaban J connectivity index is 2.19. The van der Waals surface area contributed by atoms with Gasteiger partial charge in [-0.3, -0.25) is 0 Å². The van der Waals surface area contributed by atoms with E-state index in [9.17, 15) is 0 Å². The summed E-state index contributed by atoms with van der Waals surface area (Å²) in [6.07, 6.45) is 2.05. The summed E-state index contributed by atoms with van der Waals surface area (Å²) < 4.78 is 1.98. The van der Waals surface area contributed by atoms with Crippen LogP contribution >= 0.6 is 0 Å². The van der Waals surface area contributed by atoms with Crippen LogP contribution in [-0.2, 0) is 19.5 Å². The van der Waals surface area contributed by atoms with Crippen LogP contribution < -0.4 is 5.73 Å². The van der Waals surface area contributed by atoms with Crippen molar-refractivity contribution in [3.8, 4) is 0 Å². The molecule has 1 heterocycles. The van der Waals surface area contributed by atoms with E-state index in [2.05, 4.69) is 55.3 Å². The molecule has 0 aliphatic rings. The minimum absolute atomic E-state index is 0.460. The highest BCUT2D eigenvalue weighted by atomic mass is 15.4. The van der Waals surface area contributed by atoms with Crippen LogP contribution in [0.1, 0.15) is 55.6 Å². The third-order valence-electron chi connectivity index (χ3n) is 3.58. The third kappa shape index (κ3) is 3.25. The zero-order valence-corrected chi connectivity index (χ0v) is 12.6. The maximum Gasteiger partial charge on any atom is 0.0994 e. The van der Waals surface area contributed by atoms with Gasteiger partial charge in [-0.2, -0.15) is 0 Å². The normalized spacial score (nSPS) is 11.2. The number of hydrogen-bond donors (Lipinski definition) is 1. The molecule has 0 fully saturated rings. The Hall–Kier alpha value is -1.68. The van der Waals surface area contributed by atoms with Crippen molar-refractivity contribution in [2.75, 3.05) is 0 Å². The van der Waals surface area contributed by atoms with Gasteiger partial charge in [0.1, 0.15) is 0 Å². The lowest BCUT2D eigenvalue weighted by Crippen LogP contribution is -2.09. The maximum absolute atomic E-state index is 5.72. The van der Waals surface area contributed by atoms with E-state index in [0.29, 0.717) is 12.5 Å². The van der Waals surface area contributed by atoms with Gasteiger partial charge in [0.25, 0.3) is 0 Å². The number of aromatic nitrogens is 3. The second-order valence-corrected chi connectivity index (χ2v) is 5.49. The van der Waals surface area contributed by atoms with E-state index in [1.54, 1.807) is 0 Å². The van der Waals surface area contributed by atoms with Crippen molar-refractivity contribution in [1.82, 2.24) is 15.0 Å². The monoisotopic (exact) mass is 272 g/mol. The molecule has 0 bridgehead atoms. The lowest BCUT2D eigenvalue weighted by Gasteiger charge is -2.09. The fourth-order valence-corrected chi connectivity index (χ4v) is 2.35. The van der Waals surface area contributed by atoms with Gasteiger partial charge < -0.3 is 5.73 Å². The Labute approximate surface area is 121 Å². The van der Waals surface area contributed by atoms with Crippen molar-refractivity contribution >= 4 is 0 Å². The van der Waals surface area contributed by atoms with Crippen molar-refractivity contribution in [2.24, 2.45) is 5.73 Å². The number of hydrogen-bond acceptors (Lipinski definition) is 3. The summed E-state index contributed by atoms with van der Waals surface area (Å²) in [7, 11) is 0. The van der Waals surface area contributed by atoms with E-state index >= 15 is 0 Å². The first-order valence-electron chi connectivity index (χ1n) is 7.35. The molecule has 0 atom stereocenters. The highest BCUT2D eigenvalue weighted by Gasteiger charge is 2.11. The third-order valence-corrected chi connectivity index (χ3v) is 3.58. The molecule has 0 saturated heterocycles. The summed E-state index contributed by atoms with van der Waals surface area (Å²) in [5.74, 6) is 0.565. The Morgan fingerprint density at radius 2 is 1.90 bits per heavy atom. The standard InChI is InChI=1S/C16H24N4/c1-4-5-16-15(10-17)18-19-20(16)11-13-6-8-14(9-7-13)12(2)3/h6-9,12H,4-5,10-11,17H2,1-3H3. The topological polar surface area (TPSA) is 56.7 Å². The zero-order valence-electron chi connectivity index (χ0n) is 12.6. The molecule has 2 rings (SSSR count). The van der Waals surface area contributed by atoms with Crippen molar-refractivity contribution in [3.63, 3.8) is 0 Å². The molecule has 2 N–H and O–H groups in total. The van der Waals surface area contributed by atoms with Crippen LogP contribution in [0.2, 0.25) is 0 Å². The molecule has 0 spiro atoms. The molecule has 0 radical (unpaired) electrons. The molecule has 20 heavy (non-hydrogen) atoms. The van der Waals surface area contributed by atoms with Gasteiger partial charge in [-0.15, -0.1) is 5.10 Å². The number of rotatable bonds is 6. The number of benzene rings is 1. The zero-order chi connectivity index (χ0) is 14.5. The molecule has 0 amide bonds. The molecule has 0 saturated carbocycles. The van der Waals surface area contributed by atoms with Crippen LogP contribution in [0.3, 0.4) is 0 Å². The van der Waals surface area contributed by atoms with Gasteiger partial charge in [0, 0.05) is 6.54 Å². The van der Waals surface area contributed by atoms with E-state index in [1.165, 1.54) is 16.8 Å². The van der Waals surface area contributed by atoms with Crippen molar-refractivity contribution in [2.45, 2.75) is 52.6 Å². The minimum Gasteiger partial charge on any atom is -0.325 e. The molecule has 2 aromatic rings. The average Bonchev–Trinajstić information content (AvgIpc) is 2.82. The molecule has 1 aromatic carbocycles. The first-order chi connectivity index (χ1) is 9.65. The molecule has 4 heteroatoms. The molecule has 0 aliphatic carbocycles. The fraction of sp³-hybridized carbons (Fsp3) is 0.500. The largest absolute Gasteiger partial charge is 0.325 e. The summed E-state index contributed by atoms with van der Waals surface area (Å²) in [5.41, 5.74) is 10.4. The van der Waals surface area contributed by atoms with Crippen LogP contribution in [0, 0.1) is 0 Å². The molecule has 0 aliphatic heterocycles. The maximum atomic E-state index is 5.72. The van der Waals surface area contributed by atoms with Gasteiger partial charge >= 0.3 is 0 Å². The van der Waals surface area contributed by atoms with Crippen molar-refractivity contribution in [3.05, 3.63) is 46.8 Å². The van der Waals surface area contributed by atoms with Crippen LogP contribution in [0.5, 0.6) is 0 Å². The van der Waals surface area contributed by atoms with Gasteiger partial charge in [0.05, 0.1) is 17.9 Å². The smallest absolute Gasteiger partial charge is 0.0994 e. The number of nitrogens with two attached hydrogens (primary N) is 1. The molecule has 4 nitrogen and oxygen atoms in total. The Morgan fingerprint density at radius 1 is 1.20 bits per heavy atom. The lowest BCUT2D eigenvalue weighted by atomic mass is 10.0. The fourth-order valence-electron chi connectivity index (χ4n) is 2.35. The number of nitrogens with zero attached hydrogens (tertiary/aromatic N) is 3.